The molecule has 0 radical (unpaired) electrons. The third kappa shape index (κ3) is 3.75. The molecule has 2 aromatic rings. The molecule has 110 valence electrons. The predicted molar refractivity (Wildman–Crippen MR) is 75.0 cm³/mol. The highest BCUT2D eigenvalue weighted by molar-refractivity contribution is 7.89. The van der Waals surface area contributed by atoms with Crippen molar-refractivity contribution in [3.05, 3.63) is 53.1 Å². The minimum Gasteiger partial charge on any atom is -0.322 e. The van der Waals surface area contributed by atoms with Gasteiger partial charge in [0.25, 0.3) is 5.91 Å². The van der Waals surface area contributed by atoms with Crippen LogP contribution in [0, 0.1) is 5.82 Å². The van der Waals surface area contributed by atoms with E-state index < -0.39 is 21.7 Å². The number of rotatable bonds is 3. The zero-order valence-electron chi connectivity index (χ0n) is 10.4. The number of pyridine rings is 1. The fourth-order valence-corrected chi connectivity index (χ4v) is 2.28. The second kappa shape index (κ2) is 5.76. The molecule has 1 aromatic heterocycles. The summed E-state index contributed by atoms with van der Waals surface area (Å²) in [7, 11) is -3.89. The quantitative estimate of drug-likeness (QED) is 0.838. The summed E-state index contributed by atoms with van der Waals surface area (Å²) in [6, 6.07) is 6.23. The minimum absolute atomic E-state index is 0.163. The van der Waals surface area contributed by atoms with Gasteiger partial charge in [0.05, 0.1) is 16.7 Å². The second-order valence-corrected chi connectivity index (χ2v) is 5.94. The molecule has 0 aliphatic carbocycles. The van der Waals surface area contributed by atoms with Gasteiger partial charge >= 0.3 is 0 Å². The van der Waals surface area contributed by atoms with Crippen LogP contribution in [0.4, 0.5) is 10.1 Å². The number of primary sulfonamides is 1. The summed E-state index contributed by atoms with van der Waals surface area (Å²) in [6.45, 7) is 0. The highest BCUT2D eigenvalue weighted by atomic mass is 35.5. The summed E-state index contributed by atoms with van der Waals surface area (Å²) in [5.41, 5.74) is 0.00419. The number of carbonyl (C=O) groups excluding carboxylic acids is 1. The van der Waals surface area contributed by atoms with Crippen molar-refractivity contribution in [1.82, 2.24) is 4.98 Å². The van der Waals surface area contributed by atoms with Gasteiger partial charge in [0.1, 0.15) is 11.0 Å². The molecule has 9 heteroatoms. The average Bonchev–Trinajstić information content (AvgIpc) is 2.41. The number of hydrogen-bond acceptors (Lipinski definition) is 4. The molecule has 0 saturated carbocycles. The number of nitrogens with one attached hydrogen (secondary N) is 1. The first kappa shape index (κ1) is 15.4. The maximum Gasteiger partial charge on any atom is 0.258 e. The highest BCUT2D eigenvalue weighted by Gasteiger charge is 2.14. The fraction of sp³-hybridized carbons (Fsp3) is 0. The van der Waals surface area contributed by atoms with Crippen LogP contribution in [0.1, 0.15) is 10.4 Å². The van der Waals surface area contributed by atoms with E-state index >= 15 is 0 Å². The van der Waals surface area contributed by atoms with Crippen molar-refractivity contribution in [3.63, 3.8) is 0 Å². The van der Waals surface area contributed by atoms with Crippen LogP contribution in [-0.4, -0.2) is 19.3 Å². The summed E-state index contributed by atoms with van der Waals surface area (Å²) >= 11 is 5.71. The van der Waals surface area contributed by atoms with Crippen LogP contribution < -0.4 is 10.5 Å². The largest absolute Gasteiger partial charge is 0.322 e. The monoisotopic (exact) mass is 329 g/mol. The van der Waals surface area contributed by atoms with E-state index in [1.807, 2.05) is 0 Å². The molecule has 1 amide bonds. The lowest BCUT2D eigenvalue weighted by molar-refractivity contribution is 0.102. The van der Waals surface area contributed by atoms with Gasteiger partial charge in [-0.1, -0.05) is 17.7 Å². The molecule has 1 heterocycles. The van der Waals surface area contributed by atoms with Crippen molar-refractivity contribution >= 4 is 33.2 Å². The van der Waals surface area contributed by atoms with Gasteiger partial charge in [-0.05, 0) is 24.3 Å². The first-order chi connectivity index (χ1) is 9.77. The Bertz CT molecular complexity index is 811. The topological polar surface area (TPSA) is 102 Å². The van der Waals surface area contributed by atoms with Crippen LogP contribution in [0.25, 0.3) is 0 Å². The first-order valence-corrected chi connectivity index (χ1v) is 7.45. The number of benzene rings is 1. The number of hydrogen-bond donors (Lipinski definition) is 2. The van der Waals surface area contributed by atoms with Crippen molar-refractivity contribution in [2.75, 3.05) is 5.32 Å². The van der Waals surface area contributed by atoms with E-state index in [0.29, 0.717) is 0 Å². The SMILES string of the molecule is NS(=O)(=O)c1cccc(NC(=O)c2cc(F)cnc2Cl)c1. The molecule has 0 fully saturated rings. The molecule has 0 aliphatic heterocycles. The van der Waals surface area contributed by atoms with Crippen LogP contribution in [-0.2, 0) is 10.0 Å². The summed E-state index contributed by atoms with van der Waals surface area (Å²) in [4.78, 5) is 15.3. The number of nitrogens with zero attached hydrogens (tertiary/aromatic N) is 1. The van der Waals surface area contributed by atoms with Gasteiger partial charge in [0, 0.05) is 5.69 Å². The Balaban J connectivity index is 2.30. The lowest BCUT2D eigenvalue weighted by Crippen LogP contribution is -2.15. The zero-order chi connectivity index (χ0) is 15.6. The summed E-state index contributed by atoms with van der Waals surface area (Å²) in [5.74, 6) is -1.44. The molecule has 1 aromatic carbocycles. The third-order valence-corrected chi connectivity index (χ3v) is 3.68. The van der Waals surface area contributed by atoms with Crippen molar-refractivity contribution in [2.24, 2.45) is 5.14 Å². The smallest absolute Gasteiger partial charge is 0.258 e. The number of nitrogens with two attached hydrogens (primary N) is 1. The lowest BCUT2D eigenvalue weighted by atomic mass is 10.2. The van der Waals surface area contributed by atoms with E-state index in [9.17, 15) is 17.6 Å². The molecule has 3 N–H and O–H groups in total. The van der Waals surface area contributed by atoms with Crippen LogP contribution in [0.2, 0.25) is 5.15 Å². The molecular weight excluding hydrogens is 321 g/mol. The van der Waals surface area contributed by atoms with E-state index in [2.05, 4.69) is 10.3 Å². The van der Waals surface area contributed by atoms with E-state index in [1.54, 1.807) is 0 Å². The van der Waals surface area contributed by atoms with Crippen molar-refractivity contribution in [3.8, 4) is 0 Å². The molecule has 0 spiro atoms. The Labute approximate surface area is 124 Å². The molecule has 21 heavy (non-hydrogen) atoms. The number of carbonyl (C=O) groups is 1. The Morgan fingerprint density at radius 2 is 2.05 bits per heavy atom. The summed E-state index contributed by atoms with van der Waals surface area (Å²) in [6.07, 6.45) is 0.876. The first-order valence-electron chi connectivity index (χ1n) is 5.52. The van der Waals surface area contributed by atoms with E-state index in [0.717, 1.165) is 12.3 Å². The van der Waals surface area contributed by atoms with E-state index in [1.165, 1.54) is 24.3 Å². The maximum absolute atomic E-state index is 13.1. The number of sulfonamides is 1. The molecule has 0 atom stereocenters. The van der Waals surface area contributed by atoms with E-state index in [-0.39, 0.29) is 21.3 Å². The number of halogens is 2. The fourth-order valence-electron chi connectivity index (χ4n) is 1.53. The van der Waals surface area contributed by atoms with Crippen molar-refractivity contribution in [1.29, 1.82) is 0 Å². The van der Waals surface area contributed by atoms with Crippen LogP contribution in [0.3, 0.4) is 0 Å². The van der Waals surface area contributed by atoms with Gasteiger partial charge in [-0.15, -0.1) is 0 Å². The highest BCUT2D eigenvalue weighted by Crippen LogP contribution is 2.18. The lowest BCUT2D eigenvalue weighted by Gasteiger charge is -2.07. The number of aromatic nitrogens is 1. The Morgan fingerprint density at radius 1 is 1.33 bits per heavy atom. The molecule has 0 unspecified atom stereocenters. The summed E-state index contributed by atoms with van der Waals surface area (Å²) < 4.78 is 35.5. The van der Waals surface area contributed by atoms with Gasteiger partial charge in [-0.3, -0.25) is 4.79 Å². The normalized spacial score (nSPS) is 11.2. The standard InChI is InChI=1S/C12H9ClFN3O3S/c13-11-10(4-7(14)6-16-11)12(18)17-8-2-1-3-9(5-8)21(15,19)20/h1-6H,(H,17,18)(H2,15,19,20). The van der Waals surface area contributed by atoms with Gasteiger partial charge in [-0.2, -0.15) is 0 Å². The molecule has 6 nitrogen and oxygen atoms in total. The molecule has 0 aliphatic rings. The third-order valence-electron chi connectivity index (χ3n) is 2.47. The second-order valence-electron chi connectivity index (χ2n) is 4.02. The van der Waals surface area contributed by atoms with Gasteiger partial charge < -0.3 is 5.32 Å². The molecular formula is C12H9ClFN3O3S. The maximum atomic E-state index is 13.1. The Hall–Kier alpha value is -2.03. The Morgan fingerprint density at radius 3 is 2.71 bits per heavy atom. The molecule has 0 bridgehead atoms. The number of amides is 1. The van der Waals surface area contributed by atoms with Crippen LogP contribution in [0.15, 0.2) is 41.4 Å². The van der Waals surface area contributed by atoms with Crippen LogP contribution in [0.5, 0.6) is 0 Å². The molecule has 0 saturated heterocycles. The van der Waals surface area contributed by atoms with Gasteiger partial charge in [-0.25, -0.2) is 22.9 Å². The zero-order valence-corrected chi connectivity index (χ0v) is 12.0. The van der Waals surface area contributed by atoms with E-state index in [4.69, 9.17) is 16.7 Å². The minimum atomic E-state index is -3.89. The average molecular weight is 330 g/mol. The van der Waals surface area contributed by atoms with Crippen molar-refractivity contribution in [2.45, 2.75) is 4.90 Å². The number of anilines is 1. The predicted octanol–water partition coefficient (Wildman–Crippen LogP) is 1.77. The van der Waals surface area contributed by atoms with Gasteiger partial charge in [0.15, 0.2) is 0 Å². The Kier molecular flexibility index (Phi) is 4.21. The van der Waals surface area contributed by atoms with Crippen molar-refractivity contribution < 1.29 is 17.6 Å². The molecule has 2 rings (SSSR count). The van der Waals surface area contributed by atoms with Gasteiger partial charge in [0.2, 0.25) is 10.0 Å². The summed E-state index contributed by atoms with van der Waals surface area (Å²) in [5, 5.41) is 7.21. The van der Waals surface area contributed by atoms with Crippen LogP contribution >= 0.6 is 11.6 Å².